The van der Waals surface area contributed by atoms with Crippen LogP contribution in [0.2, 0.25) is 0 Å². The minimum absolute atomic E-state index is 0.216. The molecule has 1 saturated carbocycles. The molecule has 3 heteroatoms. The van der Waals surface area contributed by atoms with Crippen LogP contribution in [0.15, 0.2) is 0 Å². The molecule has 1 N–H and O–H groups in total. The maximum atomic E-state index is 9.76. The Kier molecular flexibility index (Phi) is 2.34. The molecule has 1 aliphatic carbocycles. The fourth-order valence-electron chi connectivity index (χ4n) is 2.70. The van der Waals surface area contributed by atoms with Crippen molar-refractivity contribution in [2.45, 2.75) is 50.6 Å². The Morgan fingerprint density at radius 2 is 2.23 bits per heavy atom. The molecule has 2 aliphatic rings. The molecule has 0 aromatic rings. The lowest BCUT2D eigenvalue weighted by Crippen LogP contribution is -2.34. The molecule has 0 bridgehead atoms. The largest absolute Gasteiger partial charge is 0.381 e. The third kappa shape index (κ3) is 1.73. The van der Waals surface area contributed by atoms with Gasteiger partial charge in [-0.1, -0.05) is 0 Å². The number of hydrogen-bond acceptors (Lipinski definition) is 3. The summed E-state index contributed by atoms with van der Waals surface area (Å²) in [5.74, 6) is -0.523. The summed E-state index contributed by atoms with van der Waals surface area (Å²) in [5.41, 5.74) is 0. The molecule has 0 aromatic heterocycles. The van der Waals surface area contributed by atoms with Crippen molar-refractivity contribution in [2.75, 3.05) is 7.11 Å². The number of ether oxygens (including phenoxy) is 2. The van der Waals surface area contributed by atoms with Crippen molar-refractivity contribution >= 4 is 0 Å². The summed E-state index contributed by atoms with van der Waals surface area (Å²) >= 11 is 0. The zero-order valence-electron chi connectivity index (χ0n) is 8.32. The third-order valence-corrected chi connectivity index (χ3v) is 3.25. The Morgan fingerprint density at radius 1 is 1.46 bits per heavy atom. The van der Waals surface area contributed by atoms with E-state index in [1.165, 1.54) is 0 Å². The smallest absolute Gasteiger partial charge is 0.163 e. The Morgan fingerprint density at radius 3 is 2.92 bits per heavy atom. The van der Waals surface area contributed by atoms with Crippen LogP contribution in [0.25, 0.3) is 0 Å². The van der Waals surface area contributed by atoms with Gasteiger partial charge in [0.15, 0.2) is 5.79 Å². The highest BCUT2D eigenvalue weighted by atomic mass is 16.6. The van der Waals surface area contributed by atoms with Crippen LogP contribution >= 0.6 is 0 Å². The van der Waals surface area contributed by atoms with Crippen LogP contribution < -0.4 is 0 Å². The summed E-state index contributed by atoms with van der Waals surface area (Å²) < 4.78 is 11.0. The predicted molar refractivity (Wildman–Crippen MR) is 48.3 cm³/mol. The minimum atomic E-state index is -0.920. The van der Waals surface area contributed by atoms with Crippen LogP contribution in [0.1, 0.15) is 32.6 Å². The molecule has 0 spiro atoms. The summed E-state index contributed by atoms with van der Waals surface area (Å²) in [6.07, 6.45) is 4.55. The van der Waals surface area contributed by atoms with Crippen molar-refractivity contribution < 1.29 is 14.6 Å². The molecular weight excluding hydrogens is 168 g/mol. The van der Waals surface area contributed by atoms with Gasteiger partial charge in [0.05, 0.1) is 12.2 Å². The summed E-state index contributed by atoms with van der Waals surface area (Å²) in [6.45, 7) is 1.75. The first kappa shape index (κ1) is 9.44. The molecule has 2 rings (SSSR count). The second-order valence-electron chi connectivity index (χ2n) is 4.40. The van der Waals surface area contributed by atoms with Gasteiger partial charge in [0.1, 0.15) is 0 Å². The molecule has 13 heavy (non-hydrogen) atoms. The van der Waals surface area contributed by atoms with Crippen molar-refractivity contribution in [3.63, 3.8) is 0 Å². The topological polar surface area (TPSA) is 38.7 Å². The van der Waals surface area contributed by atoms with Crippen molar-refractivity contribution in [1.29, 1.82) is 0 Å². The first-order valence-corrected chi connectivity index (χ1v) is 5.05. The third-order valence-electron chi connectivity index (χ3n) is 3.25. The van der Waals surface area contributed by atoms with Gasteiger partial charge >= 0.3 is 0 Å². The van der Waals surface area contributed by atoms with Crippen LogP contribution in [0.5, 0.6) is 0 Å². The monoisotopic (exact) mass is 186 g/mol. The molecule has 4 atom stereocenters. The van der Waals surface area contributed by atoms with E-state index in [0.29, 0.717) is 5.92 Å². The van der Waals surface area contributed by atoms with Gasteiger partial charge in [-0.05, 0) is 26.2 Å². The zero-order valence-corrected chi connectivity index (χ0v) is 8.32. The van der Waals surface area contributed by atoms with Crippen molar-refractivity contribution in [1.82, 2.24) is 0 Å². The molecule has 0 amide bonds. The van der Waals surface area contributed by atoms with Crippen molar-refractivity contribution in [3.05, 3.63) is 0 Å². The van der Waals surface area contributed by atoms with Crippen LogP contribution in [0.3, 0.4) is 0 Å². The normalized spacial score (nSPS) is 50.5. The average molecular weight is 186 g/mol. The van der Waals surface area contributed by atoms with Crippen molar-refractivity contribution in [2.24, 2.45) is 5.92 Å². The molecule has 76 valence electrons. The lowest BCUT2D eigenvalue weighted by atomic mass is 9.82. The van der Waals surface area contributed by atoms with E-state index in [2.05, 4.69) is 0 Å². The number of rotatable bonds is 1. The van der Waals surface area contributed by atoms with Crippen molar-refractivity contribution in [3.8, 4) is 0 Å². The molecule has 1 unspecified atom stereocenters. The van der Waals surface area contributed by atoms with Gasteiger partial charge in [0.2, 0.25) is 0 Å². The number of aliphatic hydroxyl groups is 1. The molecule has 1 heterocycles. The van der Waals surface area contributed by atoms with Crippen LogP contribution in [-0.2, 0) is 9.47 Å². The fourth-order valence-corrected chi connectivity index (χ4v) is 2.70. The fraction of sp³-hybridized carbons (Fsp3) is 1.00. The molecular formula is C10H18O3. The highest BCUT2D eigenvalue weighted by Crippen LogP contribution is 2.42. The first-order valence-electron chi connectivity index (χ1n) is 5.05. The lowest BCUT2D eigenvalue weighted by molar-refractivity contribution is -0.182. The second kappa shape index (κ2) is 3.23. The summed E-state index contributed by atoms with van der Waals surface area (Å²) in [4.78, 5) is 0. The highest BCUT2D eigenvalue weighted by molar-refractivity contribution is 4.92. The first-order chi connectivity index (χ1) is 6.12. The summed E-state index contributed by atoms with van der Waals surface area (Å²) in [6, 6.07) is 0. The quantitative estimate of drug-likeness (QED) is 0.671. The molecule has 0 aromatic carbocycles. The minimum Gasteiger partial charge on any atom is -0.381 e. The summed E-state index contributed by atoms with van der Waals surface area (Å²) in [5, 5.41) is 9.76. The van der Waals surface area contributed by atoms with E-state index in [4.69, 9.17) is 9.47 Å². The van der Waals surface area contributed by atoms with E-state index in [1.54, 1.807) is 14.0 Å². The Labute approximate surface area is 79.0 Å². The van der Waals surface area contributed by atoms with Gasteiger partial charge in [0, 0.05) is 19.4 Å². The Bertz CT molecular complexity index is 191. The summed E-state index contributed by atoms with van der Waals surface area (Å²) in [7, 11) is 1.75. The van der Waals surface area contributed by atoms with E-state index in [1.807, 2.05) is 0 Å². The molecule has 0 radical (unpaired) electrons. The SMILES string of the molecule is CO[C@@H]1CCC[C@H]2OC(C)(O)C[C@@H]12. The van der Waals surface area contributed by atoms with E-state index < -0.39 is 5.79 Å². The second-order valence-corrected chi connectivity index (χ2v) is 4.40. The van der Waals surface area contributed by atoms with Gasteiger partial charge in [-0.2, -0.15) is 0 Å². The van der Waals surface area contributed by atoms with Crippen LogP contribution in [0, 0.1) is 5.92 Å². The van der Waals surface area contributed by atoms with E-state index in [0.717, 1.165) is 25.7 Å². The van der Waals surface area contributed by atoms with E-state index in [9.17, 15) is 5.11 Å². The van der Waals surface area contributed by atoms with Crippen LogP contribution in [0.4, 0.5) is 0 Å². The molecule has 3 nitrogen and oxygen atoms in total. The predicted octanol–water partition coefficient (Wildman–Crippen LogP) is 1.30. The molecule has 1 saturated heterocycles. The van der Waals surface area contributed by atoms with Gasteiger partial charge in [0.25, 0.3) is 0 Å². The average Bonchev–Trinajstić information content (AvgIpc) is 2.37. The van der Waals surface area contributed by atoms with Gasteiger partial charge in [-0.3, -0.25) is 0 Å². The van der Waals surface area contributed by atoms with Gasteiger partial charge in [-0.25, -0.2) is 0 Å². The highest BCUT2D eigenvalue weighted by Gasteiger charge is 2.47. The lowest BCUT2D eigenvalue weighted by Gasteiger charge is -2.30. The molecule has 2 fully saturated rings. The maximum Gasteiger partial charge on any atom is 0.163 e. The Hall–Kier alpha value is -0.120. The van der Waals surface area contributed by atoms with E-state index >= 15 is 0 Å². The molecule has 1 aliphatic heterocycles. The Balaban J connectivity index is 2.08. The number of methoxy groups -OCH3 is 1. The van der Waals surface area contributed by atoms with Crippen LogP contribution in [-0.4, -0.2) is 30.2 Å². The van der Waals surface area contributed by atoms with Gasteiger partial charge < -0.3 is 14.6 Å². The maximum absolute atomic E-state index is 9.76. The zero-order chi connectivity index (χ0) is 9.47. The number of fused-ring (bicyclic) bond motifs is 1. The number of hydrogen-bond donors (Lipinski definition) is 1. The van der Waals surface area contributed by atoms with E-state index in [-0.39, 0.29) is 12.2 Å². The van der Waals surface area contributed by atoms with Gasteiger partial charge in [-0.15, -0.1) is 0 Å². The standard InChI is InChI=1S/C10H18O3/c1-10(11)6-7-8(12-2)4-3-5-9(7)13-10/h7-9,11H,3-6H2,1-2H3/t7-,8+,9+,10?/m0/s1.